The van der Waals surface area contributed by atoms with E-state index in [1.165, 1.54) is 15.6 Å². The Morgan fingerprint density at radius 1 is 1.50 bits per heavy atom. The lowest BCUT2D eigenvalue weighted by molar-refractivity contribution is 0.326. The minimum absolute atomic E-state index is 0. The number of likely N-dealkylation sites (tertiary alicyclic amines) is 1. The normalized spacial score (nSPS) is 20.8. The van der Waals surface area contributed by atoms with Crippen LogP contribution in [0.1, 0.15) is 17.5 Å². The van der Waals surface area contributed by atoms with E-state index in [0.29, 0.717) is 6.04 Å². The molecular formula is C12H18BrClN2. The Balaban J connectivity index is 0.00000128. The third-order valence-corrected chi connectivity index (χ3v) is 3.65. The molecule has 1 fully saturated rings. The summed E-state index contributed by atoms with van der Waals surface area (Å²) in [7, 11) is 0. The summed E-state index contributed by atoms with van der Waals surface area (Å²) >= 11 is 3.61. The molecule has 2 nitrogen and oxygen atoms in total. The molecule has 16 heavy (non-hydrogen) atoms. The molecular weight excluding hydrogens is 288 g/mol. The SMILES string of the molecule is Cc1ccc(CN2CC[C@H](N)C2)c(Br)c1.Cl. The van der Waals surface area contributed by atoms with Gasteiger partial charge < -0.3 is 5.73 Å². The topological polar surface area (TPSA) is 29.3 Å². The van der Waals surface area contributed by atoms with Crippen LogP contribution in [-0.4, -0.2) is 24.0 Å². The summed E-state index contributed by atoms with van der Waals surface area (Å²) in [6.45, 7) is 5.27. The van der Waals surface area contributed by atoms with Gasteiger partial charge in [-0.05, 0) is 30.5 Å². The second-order valence-corrected chi connectivity index (χ2v) is 5.23. The van der Waals surface area contributed by atoms with E-state index in [4.69, 9.17) is 5.73 Å². The molecule has 0 radical (unpaired) electrons. The first-order chi connectivity index (χ1) is 7.15. The van der Waals surface area contributed by atoms with Crippen molar-refractivity contribution in [1.29, 1.82) is 0 Å². The molecule has 2 N–H and O–H groups in total. The van der Waals surface area contributed by atoms with Gasteiger partial charge in [0.25, 0.3) is 0 Å². The number of nitrogens with zero attached hydrogens (tertiary/aromatic N) is 1. The van der Waals surface area contributed by atoms with E-state index in [2.05, 4.69) is 46.0 Å². The quantitative estimate of drug-likeness (QED) is 0.910. The molecule has 1 aliphatic rings. The highest BCUT2D eigenvalue weighted by atomic mass is 79.9. The van der Waals surface area contributed by atoms with E-state index in [1.807, 2.05) is 0 Å². The average Bonchev–Trinajstić information content (AvgIpc) is 2.56. The van der Waals surface area contributed by atoms with Gasteiger partial charge in [-0.1, -0.05) is 28.1 Å². The number of aryl methyl sites for hydroxylation is 1. The number of hydrogen-bond donors (Lipinski definition) is 1. The molecule has 1 heterocycles. The predicted molar refractivity (Wildman–Crippen MR) is 74.0 cm³/mol. The van der Waals surface area contributed by atoms with Crippen LogP contribution in [0.3, 0.4) is 0 Å². The molecule has 0 aliphatic carbocycles. The van der Waals surface area contributed by atoms with Crippen LogP contribution in [0.5, 0.6) is 0 Å². The molecule has 0 spiro atoms. The zero-order valence-electron chi connectivity index (χ0n) is 9.45. The Bertz CT molecular complexity index is 357. The van der Waals surface area contributed by atoms with Gasteiger partial charge in [0.15, 0.2) is 0 Å². The van der Waals surface area contributed by atoms with Gasteiger partial charge in [0.1, 0.15) is 0 Å². The summed E-state index contributed by atoms with van der Waals surface area (Å²) in [5.74, 6) is 0. The summed E-state index contributed by atoms with van der Waals surface area (Å²) in [5, 5.41) is 0. The summed E-state index contributed by atoms with van der Waals surface area (Å²) < 4.78 is 1.21. The van der Waals surface area contributed by atoms with Gasteiger partial charge in [0.2, 0.25) is 0 Å². The molecule has 0 aromatic heterocycles. The number of benzene rings is 1. The molecule has 0 amide bonds. The Hall–Kier alpha value is -0.0900. The smallest absolute Gasteiger partial charge is 0.0245 e. The lowest BCUT2D eigenvalue weighted by Crippen LogP contribution is -2.26. The molecule has 1 atom stereocenters. The van der Waals surface area contributed by atoms with Crippen molar-refractivity contribution in [2.24, 2.45) is 5.73 Å². The van der Waals surface area contributed by atoms with Gasteiger partial charge in [0, 0.05) is 30.1 Å². The van der Waals surface area contributed by atoms with Crippen LogP contribution >= 0.6 is 28.3 Å². The van der Waals surface area contributed by atoms with Crippen molar-refractivity contribution in [1.82, 2.24) is 4.90 Å². The molecule has 1 aliphatic heterocycles. The van der Waals surface area contributed by atoms with Crippen LogP contribution < -0.4 is 5.73 Å². The van der Waals surface area contributed by atoms with E-state index in [-0.39, 0.29) is 12.4 Å². The first-order valence-corrected chi connectivity index (χ1v) is 6.17. The van der Waals surface area contributed by atoms with Crippen molar-refractivity contribution in [3.05, 3.63) is 33.8 Å². The fourth-order valence-corrected chi connectivity index (χ4v) is 2.65. The highest BCUT2D eigenvalue weighted by molar-refractivity contribution is 9.10. The maximum atomic E-state index is 5.89. The van der Waals surface area contributed by atoms with Gasteiger partial charge in [-0.3, -0.25) is 4.90 Å². The maximum Gasteiger partial charge on any atom is 0.0245 e. The van der Waals surface area contributed by atoms with Gasteiger partial charge >= 0.3 is 0 Å². The average molecular weight is 306 g/mol. The molecule has 90 valence electrons. The summed E-state index contributed by atoms with van der Waals surface area (Å²) in [6.07, 6.45) is 1.13. The Labute approximate surface area is 112 Å². The van der Waals surface area contributed by atoms with E-state index in [9.17, 15) is 0 Å². The van der Waals surface area contributed by atoms with Crippen molar-refractivity contribution < 1.29 is 0 Å². The van der Waals surface area contributed by atoms with E-state index >= 15 is 0 Å². The zero-order valence-corrected chi connectivity index (χ0v) is 11.9. The number of nitrogens with two attached hydrogens (primary N) is 1. The van der Waals surface area contributed by atoms with Crippen LogP contribution in [-0.2, 0) is 6.54 Å². The molecule has 1 aromatic carbocycles. The van der Waals surface area contributed by atoms with E-state index in [0.717, 1.165) is 26.1 Å². The van der Waals surface area contributed by atoms with Crippen molar-refractivity contribution in [2.75, 3.05) is 13.1 Å². The van der Waals surface area contributed by atoms with Gasteiger partial charge in [-0.25, -0.2) is 0 Å². The van der Waals surface area contributed by atoms with Crippen molar-refractivity contribution in [3.63, 3.8) is 0 Å². The first kappa shape index (κ1) is 14.0. The Kier molecular flexibility index (Phi) is 5.25. The molecule has 0 bridgehead atoms. The van der Waals surface area contributed by atoms with Crippen LogP contribution in [0.25, 0.3) is 0 Å². The lowest BCUT2D eigenvalue weighted by atomic mass is 10.1. The highest BCUT2D eigenvalue weighted by Crippen LogP contribution is 2.21. The summed E-state index contributed by atoms with van der Waals surface area (Å²) in [4.78, 5) is 2.42. The molecule has 2 rings (SSSR count). The maximum absolute atomic E-state index is 5.89. The van der Waals surface area contributed by atoms with Crippen LogP contribution in [0.15, 0.2) is 22.7 Å². The lowest BCUT2D eigenvalue weighted by Gasteiger charge is -2.16. The predicted octanol–water partition coefficient (Wildman–Crippen LogP) is 2.71. The number of halogens is 2. The fraction of sp³-hybridized carbons (Fsp3) is 0.500. The minimum atomic E-state index is 0. The first-order valence-electron chi connectivity index (χ1n) is 5.38. The molecule has 0 unspecified atom stereocenters. The molecule has 1 saturated heterocycles. The third-order valence-electron chi connectivity index (χ3n) is 2.91. The van der Waals surface area contributed by atoms with Crippen LogP contribution in [0, 0.1) is 6.92 Å². The van der Waals surface area contributed by atoms with Gasteiger partial charge in [0.05, 0.1) is 0 Å². The van der Waals surface area contributed by atoms with Gasteiger partial charge in [-0.2, -0.15) is 0 Å². The van der Waals surface area contributed by atoms with E-state index in [1.54, 1.807) is 0 Å². The zero-order chi connectivity index (χ0) is 10.8. The Morgan fingerprint density at radius 2 is 2.25 bits per heavy atom. The Morgan fingerprint density at radius 3 is 2.81 bits per heavy atom. The molecule has 0 saturated carbocycles. The molecule has 4 heteroatoms. The van der Waals surface area contributed by atoms with Crippen LogP contribution in [0.4, 0.5) is 0 Å². The highest BCUT2D eigenvalue weighted by Gasteiger charge is 2.19. The summed E-state index contributed by atoms with van der Waals surface area (Å²) in [6, 6.07) is 6.90. The number of hydrogen-bond acceptors (Lipinski definition) is 2. The second kappa shape index (κ2) is 6.01. The third kappa shape index (κ3) is 3.45. The van der Waals surface area contributed by atoms with Crippen molar-refractivity contribution >= 4 is 28.3 Å². The summed E-state index contributed by atoms with van der Waals surface area (Å²) in [5.41, 5.74) is 8.54. The van der Waals surface area contributed by atoms with E-state index < -0.39 is 0 Å². The van der Waals surface area contributed by atoms with Gasteiger partial charge in [-0.15, -0.1) is 12.4 Å². The van der Waals surface area contributed by atoms with Crippen LogP contribution in [0.2, 0.25) is 0 Å². The largest absolute Gasteiger partial charge is 0.326 e. The van der Waals surface area contributed by atoms with Crippen molar-refractivity contribution in [2.45, 2.75) is 25.9 Å². The molecule has 1 aromatic rings. The second-order valence-electron chi connectivity index (χ2n) is 4.38. The minimum Gasteiger partial charge on any atom is -0.326 e. The van der Waals surface area contributed by atoms with Crippen molar-refractivity contribution in [3.8, 4) is 0 Å². The fourth-order valence-electron chi connectivity index (χ4n) is 2.03. The standard InChI is InChI=1S/C12H17BrN2.ClH/c1-9-2-3-10(12(13)6-9)7-15-5-4-11(14)8-15;/h2-3,6,11H,4-5,7-8,14H2,1H3;1H/t11-;/m0./s1. The number of rotatable bonds is 2. The monoisotopic (exact) mass is 304 g/mol.